The van der Waals surface area contributed by atoms with Gasteiger partial charge in [0.2, 0.25) is 5.91 Å². The number of para-hydroxylation sites is 2. The number of aromatic amines is 1. The largest absolute Gasteiger partial charge is 0.328 e. The summed E-state index contributed by atoms with van der Waals surface area (Å²) in [7, 11) is 0. The smallest absolute Gasteiger partial charge is 0.326 e. The molecule has 2 atom stereocenters. The van der Waals surface area contributed by atoms with Crippen LogP contribution >= 0.6 is 11.6 Å². The molecule has 1 aliphatic rings. The van der Waals surface area contributed by atoms with Gasteiger partial charge in [-0.3, -0.25) is 14.2 Å². The third-order valence-electron chi connectivity index (χ3n) is 6.52. The number of aromatic nitrogens is 2. The molecule has 9 heteroatoms. The first-order valence-electron chi connectivity index (χ1n) is 11.5. The van der Waals surface area contributed by atoms with Crippen molar-refractivity contribution in [2.45, 2.75) is 31.6 Å². The van der Waals surface area contributed by atoms with Crippen LogP contribution in [-0.2, 0) is 22.6 Å². The Balaban J connectivity index is 1.37. The van der Waals surface area contributed by atoms with Crippen molar-refractivity contribution in [3.8, 4) is 11.1 Å². The Kier molecular flexibility index (Phi) is 6.45. The lowest BCUT2D eigenvalue weighted by atomic mass is 9.97. The number of Topliss-reactive ketones (excluding diaryl/α,β-unsaturated/α-hetero) is 1. The van der Waals surface area contributed by atoms with Crippen LogP contribution in [0.3, 0.4) is 0 Å². The number of nitrogens with one attached hydrogen (secondary N) is 1. The molecule has 1 aromatic heterocycles. The number of nitrogens with zero attached hydrogens (tertiary/aromatic N) is 2. The quantitative estimate of drug-likeness (QED) is 0.414. The van der Waals surface area contributed by atoms with Gasteiger partial charge < -0.3 is 9.88 Å². The van der Waals surface area contributed by atoms with Crippen LogP contribution in [0.25, 0.3) is 22.2 Å². The van der Waals surface area contributed by atoms with Crippen LogP contribution in [0.5, 0.6) is 0 Å². The zero-order valence-electron chi connectivity index (χ0n) is 19.1. The molecule has 184 valence electrons. The zero-order chi connectivity index (χ0) is 25.4. The molecule has 0 spiro atoms. The van der Waals surface area contributed by atoms with Gasteiger partial charge in [0.05, 0.1) is 23.6 Å². The van der Waals surface area contributed by atoms with Gasteiger partial charge in [-0.15, -0.1) is 0 Å². The standard InChI is InChI=1S/C27H22ClF2N3O3/c28-20-9-2-1-7-18(20)19-8-5-6-16(26(19)30)12-24(34)23-13-17(29)14-32(23)25(35)15-33-22-11-4-3-10-21(22)31-27(33)36/h1-11,17,23H,12-15H2,(H,31,36)/t17-,23+/m1/s1. The minimum absolute atomic E-state index is 0.139. The summed E-state index contributed by atoms with van der Waals surface area (Å²) < 4.78 is 31.0. The summed E-state index contributed by atoms with van der Waals surface area (Å²) in [6, 6.07) is 17.4. The Labute approximate surface area is 210 Å². The number of alkyl halides is 1. The molecule has 4 aromatic rings. The Bertz CT molecular complexity index is 1530. The first kappa shape index (κ1) is 23.9. The van der Waals surface area contributed by atoms with Gasteiger partial charge in [0.1, 0.15) is 18.5 Å². The third-order valence-corrected chi connectivity index (χ3v) is 6.85. The van der Waals surface area contributed by atoms with Crippen molar-refractivity contribution in [1.82, 2.24) is 14.5 Å². The molecule has 1 fully saturated rings. The first-order chi connectivity index (χ1) is 17.3. The number of rotatable bonds is 6. The van der Waals surface area contributed by atoms with Crippen molar-refractivity contribution in [2.24, 2.45) is 0 Å². The van der Waals surface area contributed by atoms with E-state index in [0.717, 1.165) is 4.90 Å². The van der Waals surface area contributed by atoms with E-state index in [-0.39, 0.29) is 37.1 Å². The second-order valence-electron chi connectivity index (χ2n) is 8.83. The van der Waals surface area contributed by atoms with Crippen molar-refractivity contribution in [1.29, 1.82) is 0 Å². The van der Waals surface area contributed by atoms with E-state index in [1.54, 1.807) is 60.7 Å². The van der Waals surface area contributed by atoms with E-state index < -0.39 is 35.4 Å². The average Bonchev–Trinajstić information content (AvgIpc) is 3.40. The maximum absolute atomic E-state index is 15.4. The molecule has 2 heterocycles. The molecule has 1 aliphatic heterocycles. The molecule has 0 saturated carbocycles. The second-order valence-corrected chi connectivity index (χ2v) is 9.24. The Hall–Kier alpha value is -3.78. The summed E-state index contributed by atoms with van der Waals surface area (Å²) >= 11 is 6.22. The summed E-state index contributed by atoms with van der Waals surface area (Å²) in [6.07, 6.45) is -1.86. The molecule has 3 aromatic carbocycles. The van der Waals surface area contributed by atoms with Crippen LogP contribution in [-0.4, -0.2) is 44.9 Å². The van der Waals surface area contributed by atoms with E-state index in [1.807, 2.05) is 0 Å². The van der Waals surface area contributed by atoms with E-state index in [0.29, 0.717) is 21.6 Å². The number of hydrogen-bond acceptors (Lipinski definition) is 3. The van der Waals surface area contributed by atoms with E-state index in [4.69, 9.17) is 11.6 Å². The summed E-state index contributed by atoms with van der Waals surface area (Å²) in [4.78, 5) is 42.5. The monoisotopic (exact) mass is 509 g/mol. The summed E-state index contributed by atoms with van der Waals surface area (Å²) in [5, 5.41) is 0.375. The third kappa shape index (κ3) is 4.44. The normalized spacial score (nSPS) is 17.6. The molecular formula is C27H22ClF2N3O3. The zero-order valence-corrected chi connectivity index (χ0v) is 19.8. The van der Waals surface area contributed by atoms with E-state index in [1.165, 1.54) is 10.6 Å². The highest BCUT2D eigenvalue weighted by atomic mass is 35.5. The van der Waals surface area contributed by atoms with Crippen molar-refractivity contribution in [2.75, 3.05) is 6.54 Å². The maximum Gasteiger partial charge on any atom is 0.326 e. The van der Waals surface area contributed by atoms with Gasteiger partial charge in [0.25, 0.3) is 0 Å². The summed E-state index contributed by atoms with van der Waals surface area (Å²) in [5.41, 5.74) is 1.53. The number of imidazole rings is 1. The minimum Gasteiger partial charge on any atom is -0.328 e. The highest BCUT2D eigenvalue weighted by Gasteiger charge is 2.39. The molecule has 6 nitrogen and oxygen atoms in total. The van der Waals surface area contributed by atoms with E-state index >= 15 is 4.39 Å². The number of carbonyl (C=O) groups excluding carboxylic acids is 2. The summed E-state index contributed by atoms with van der Waals surface area (Å²) in [6.45, 7) is -0.593. The number of likely N-dealkylation sites (tertiary alicyclic amines) is 1. The Morgan fingerprint density at radius 2 is 1.72 bits per heavy atom. The number of halogens is 3. The number of ketones is 1. The predicted octanol–water partition coefficient (Wildman–Crippen LogP) is 4.54. The number of benzene rings is 3. The van der Waals surface area contributed by atoms with Crippen LogP contribution < -0.4 is 5.69 Å². The molecule has 0 bridgehead atoms. The fourth-order valence-corrected chi connectivity index (χ4v) is 5.00. The van der Waals surface area contributed by atoms with Crippen molar-refractivity contribution < 1.29 is 18.4 Å². The minimum atomic E-state index is -1.39. The number of carbonyl (C=O) groups is 2. The highest BCUT2D eigenvalue weighted by molar-refractivity contribution is 6.33. The van der Waals surface area contributed by atoms with Gasteiger partial charge in [-0.05, 0) is 23.8 Å². The number of hydrogen-bond donors (Lipinski definition) is 1. The number of amides is 1. The Morgan fingerprint density at radius 3 is 2.53 bits per heavy atom. The average molecular weight is 510 g/mol. The molecule has 1 amide bonds. The van der Waals surface area contributed by atoms with Gasteiger partial charge in [-0.25, -0.2) is 13.6 Å². The summed E-state index contributed by atoms with van der Waals surface area (Å²) in [5.74, 6) is -1.60. The SMILES string of the molecule is O=C(Cc1cccc(-c2ccccc2Cl)c1F)[C@@H]1C[C@@H](F)CN1C(=O)Cn1c(=O)[nH]c2ccccc21. The first-order valence-corrected chi connectivity index (χ1v) is 11.9. The van der Waals surface area contributed by atoms with Crippen LogP contribution in [0.4, 0.5) is 8.78 Å². The van der Waals surface area contributed by atoms with Crippen LogP contribution in [0.15, 0.2) is 71.5 Å². The van der Waals surface area contributed by atoms with Crippen molar-refractivity contribution >= 4 is 34.3 Å². The molecule has 36 heavy (non-hydrogen) atoms. The molecule has 0 unspecified atom stereocenters. The topological polar surface area (TPSA) is 75.2 Å². The lowest BCUT2D eigenvalue weighted by molar-refractivity contribution is -0.137. The van der Waals surface area contributed by atoms with Gasteiger partial charge in [-0.2, -0.15) is 0 Å². The van der Waals surface area contributed by atoms with E-state index in [2.05, 4.69) is 4.98 Å². The molecule has 1 saturated heterocycles. The van der Waals surface area contributed by atoms with Gasteiger partial charge in [-0.1, -0.05) is 60.1 Å². The predicted molar refractivity (Wildman–Crippen MR) is 133 cm³/mol. The fourth-order valence-electron chi connectivity index (χ4n) is 4.76. The van der Waals surface area contributed by atoms with Crippen LogP contribution in [0, 0.1) is 5.82 Å². The maximum atomic E-state index is 15.4. The Morgan fingerprint density at radius 1 is 1.00 bits per heavy atom. The van der Waals surface area contributed by atoms with Crippen molar-refractivity contribution in [3.63, 3.8) is 0 Å². The van der Waals surface area contributed by atoms with Crippen LogP contribution in [0.1, 0.15) is 12.0 Å². The molecular weight excluding hydrogens is 488 g/mol. The highest BCUT2D eigenvalue weighted by Crippen LogP contribution is 2.32. The number of fused-ring (bicyclic) bond motifs is 1. The fraction of sp³-hybridized carbons (Fsp3) is 0.222. The molecule has 5 rings (SSSR count). The molecule has 0 radical (unpaired) electrons. The van der Waals surface area contributed by atoms with E-state index in [9.17, 15) is 18.8 Å². The lowest BCUT2D eigenvalue weighted by Gasteiger charge is -2.24. The lowest BCUT2D eigenvalue weighted by Crippen LogP contribution is -2.43. The van der Waals surface area contributed by atoms with Gasteiger partial charge in [0, 0.05) is 29.0 Å². The van der Waals surface area contributed by atoms with Crippen LogP contribution in [0.2, 0.25) is 5.02 Å². The molecule has 1 N–H and O–H groups in total. The molecule has 0 aliphatic carbocycles. The van der Waals surface area contributed by atoms with Gasteiger partial charge in [0.15, 0.2) is 5.78 Å². The second kappa shape index (κ2) is 9.70. The number of H-pyrrole nitrogens is 1. The van der Waals surface area contributed by atoms with Crippen molar-refractivity contribution in [3.05, 3.63) is 93.6 Å². The van der Waals surface area contributed by atoms with Gasteiger partial charge >= 0.3 is 5.69 Å².